The smallest absolute Gasteiger partial charge is 0.123 e. The van der Waals surface area contributed by atoms with Gasteiger partial charge in [-0.25, -0.2) is 4.39 Å². The van der Waals surface area contributed by atoms with Gasteiger partial charge in [0.25, 0.3) is 0 Å². The van der Waals surface area contributed by atoms with Crippen molar-refractivity contribution in [1.82, 2.24) is 0 Å². The maximum Gasteiger partial charge on any atom is 0.123 e. The summed E-state index contributed by atoms with van der Waals surface area (Å²) in [5, 5.41) is 0. The second kappa shape index (κ2) is 3.86. The van der Waals surface area contributed by atoms with E-state index in [1.807, 2.05) is 0 Å². The van der Waals surface area contributed by atoms with Crippen molar-refractivity contribution in [1.29, 1.82) is 0 Å². The lowest BCUT2D eigenvalue weighted by molar-refractivity contribution is -0.107. The number of aryl methyl sites for hydroxylation is 1. The lowest BCUT2D eigenvalue weighted by Gasteiger charge is -1.95. The first-order valence-corrected chi connectivity index (χ1v) is 3.34. The molecule has 1 unspecified atom stereocenters. The van der Waals surface area contributed by atoms with Gasteiger partial charge in [-0.3, -0.25) is 0 Å². The van der Waals surface area contributed by atoms with Gasteiger partial charge in [-0.1, -0.05) is 12.1 Å². The lowest BCUT2D eigenvalue weighted by atomic mass is 10.1. The fourth-order valence-corrected chi connectivity index (χ4v) is 0.805. The average Bonchev–Trinajstić information content (AvgIpc) is 2.09. The molecule has 0 radical (unpaired) electrons. The number of halogens is 1. The highest BCUT2D eigenvalue weighted by molar-refractivity contribution is 5.49. The van der Waals surface area contributed by atoms with Gasteiger partial charge in [0.15, 0.2) is 0 Å². The maximum atomic E-state index is 12.4. The van der Waals surface area contributed by atoms with Crippen LogP contribution in [0.5, 0.6) is 0 Å². The van der Waals surface area contributed by atoms with E-state index < -0.39 is 6.40 Å². The molecule has 2 heteroatoms. The summed E-state index contributed by atoms with van der Waals surface area (Å²) < 4.78 is 19.5. The zero-order valence-electron chi connectivity index (χ0n) is 6.96. The van der Waals surface area contributed by atoms with Crippen LogP contribution in [0.2, 0.25) is 0 Å². The summed E-state index contributed by atoms with van der Waals surface area (Å²) in [5.41, 5.74) is 0.809. The minimum Gasteiger partial charge on any atom is -0.303 e. The SMILES string of the molecule is [2H]C(C=O)Cc1ccc(F)cc1. The second-order valence-corrected chi connectivity index (χ2v) is 2.20. The molecule has 0 aliphatic heterocycles. The van der Waals surface area contributed by atoms with E-state index in [1.54, 1.807) is 12.1 Å². The molecule has 0 aromatic heterocycles. The van der Waals surface area contributed by atoms with Crippen LogP contribution in [0.3, 0.4) is 0 Å². The molecule has 0 saturated heterocycles. The van der Waals surface area contributed by atoms with Crippen LogP contribution in [-0.2, 0) is 11.2 Å². The minimum atomic E-state index is -0.740. The van der Waals surface area contributed by atoms with E-state index in [1.165, 1.54) is 12.1 Å². The first-order valence-electron chi connectivity index (χ1n) is 3.92. The van der Waals surface area contributed by atoms with Gasteiger partial charge in [-0.05, 0) is 24.1 Å². The van der Waals surface area contributed by atoms with Gasteiger partial charge in [-0.15, -0.1) is 0 Å². The molecule has 58 valence electrons. The highest BCUT2D eigenvalue weighted by Gasteiger charge is 1.91. The van der Waals surface area contributed by atoms with Crippen molar-refractivity contribution in [3.8, 4) is 0 Å². The van der Waals surface area contributed by atoms with Crippen molar-refractivity contribution >= 4 is 6.29 Å². The lowest BCUT2D eigenvalue weighted by Crippen LogP contribution is -1.85. The molecule has 1 aromatic rings. The summed E-state index contributed by atoms with van der Waals surface area (Å²) in [6.07, 6.45) is 0.183. The van der Waals surface area contributed by atoms with E-state index in [0.29, 0.717) is 12.7 Å². The number of aldehydes is 1. The standard InChI is InChI=1S/C9H9FO/c10-9-5-3-8(4-6-9)2-1-7-11/h3-7H,1-2H2/i1D. The molecule has 0 bridgehead atoms. The van der Waals surface area contributed by atoms with Gasteiger partial charge in [0.1, 0.15) is 12.1 Å². The van der Waals surface area contributed by atoms with Gasteiger partial charge in [-0.2, -0.15) is 0 Å². The number of hydrogen-bond acceptors (Lipinski definition) is 1. The Labute approximate surface area is 66.3 Å². The molecular formula is C9H9FO. The summed E-state index contributed by atoms with van der Waals surface area (Å²) >= 11 is 0. The molecular weight excluding hydrogens is 143 g/mol. The monoisotopic (exact) mass is 153 g/mol. The Kier molecular flexibility index (Phi) is 2.29. The Morgan fingerprint density at radius 2 is 2.09 bits per heavy atom. The molecule has 1 atom stereocenters. The third-order valence-electron chi connectivity index (χ3n) is 1.36. The largest absolute Gasteiger partial charge is 0.303 e. The average molecular weight is 153 g/mol. The van der Waals surface area contributed by atoms with Crippen molar-refractivity contribution < 1.29 is 10.6 Å². The topological polar surface area (TPSA) is 17.1 Å². The van der Waals surface area contributed by atoms with E-state index in [2.05, 4.69) is 0 Å². The Morgan fingerprint density at radius 3 is 2.64 bits per heavy atom. The molecule has 0 aliphatic rings. The Hall–Kier alpha value is -1.18. The molecule has 0 fully saturated rings. The van der Waals surface area contributed by atoms with Crippen molar-refractivity contribution in [2.75, 3.05) is 0 Å². The van der Waals surface area contributed by atoms with Gasteiger partial charge in [0, 0.05) is 7.77 Å². The van der Waals surface area contributed by atoms with Crippen LogP contribution in [0, 0.1) is 5.82 Å². The number of carbonyl (C=O) groups is 1. The fraction of sp³-hybridized carbons (Fsp3) is 0.222. The van der Waals surface area contributed by atoms with Crippen molar-refractivity contribution in [3.63, 3.8) is 0 Å². The molecule has 11 heavy (non-hydrogen) atoms. The van der Waals surface area contributed by atoms with E-state index in [-0.39, 0.29) is 5.82 Å². The first-order chi connectivity index (χ1) is 5.72. The van der Waals surface area contributed by atoms with E-state index in [4.69, 9.17) is 1.37 Å². The maximum absolute atomic E-state index is 12.4. The highest BCUT2D eigenvalue weighted by atomic mass is 19.1. The summed E-state index contributed by atoms with van der Waals surface area (Å²) in [7, 11) is 0. The Balaban J connectivity index is 2.64. The molecule has 0 aliphatic carbocycles. The van der Waals surface area contributed by atoms with Gasteiger partial charge >= 0.3 is 0 Å². The van der Waals surface area contributed by atoms with Crippen LogP contribution >= 0.6 is 0 Å². The van der Waals surface area contributed by atoms with Crippen LogP contribution in [0.4, 0.5) is 4.39 Å². The second-order valence-electron chi connectivity index (χ2n) is 2.20. The Morgan fingerprint density at radius 1 is 1.45 bits per heavy atom. The predicted octanol–water partition coefficient (Wildman–Crippen LogP) is 1.96. The van der Waals surface area contributed by atoms with Crippen LogP contribution in [0.1, 0.15) is 13.3 Å². The summed E-state index contributed by atoms with van der Waals surface area (Å²) in [4.78, 5) is 10.1. The molecule has 0 N–H and O–H groups in total. The number of rotatable bonds is 3. The van der Waals surface area contributed by atoms with Gasteiger partial charge < -0.3 is 4.79 Å². The zero-order chi connectivity index (χ0) is 8.97. The van der Waals surface area contributed by atoms with Gasteiger partial charge in [0.2, 0.25) is 0 Å². The molecule has 1 nitrogen and oxygen atoms in total. The van der Waals surface area contributed by atoms with Crippen molar-refractivity contribution in [2.24, 2.45) is 0 Å². The van der Waals surface area contributed by atoms with Crippen LogP contribution in [-0.4, -0.2) is 6.29 Å². The van der Waals surface area contributed by atoms with Crippen LogP contribution < -0.4 is 0 Å². The minimum absolute atomic E-state index is 0.300. The van der Waals surface area contributed by atoms with Gasteiger partial charge in [0.05, 0.1) is 0 Å². The molecule has 0 heterocycles. The molecule has 1 rings (SSSR count). The molecule has 0 saturated carbocycles. The predicted molar refractivity (Wildman–Crippen MR) is 40.8 cm³/mol. The highest BCUT2D eigenvalue weighted by Crippen LogP contribution is 2.03. The number of carbonyl (C=O) groups excluding carboxylic acids is 1. The molecule has 1 aromatic carbocycles. The van der Waals surface area contributed by atoms with Crippen molar-refractivity contribution in [2.45, 2.75) is 12.8 Å². The third-order valence-corrected chi connectivity index (χ3v) is 1.36. The van der Waals surface area contributed by atoms with E-state index in [9.17, 15) is 9.18 Å². The number of benzene rings is 1. The van der Waals surface area contributed by atoms with Crippen LogP contribution in [0.25, 0.3) is 0 Å². The Bertz CT molecular complexity index is 258. The zero-order valence-corrected chi connectivity index (χ0v) is 5.96. The first kappa shape index (κ1) is 6.53. The normalized spacial score (nSPS) is 13.7. The van der Waals surface area contributed by atoms with E-state index in [0.717, 1.165) is 5.56 Å². The summed E-state index contributed by atoms with van der Waals surface area (Å²) in [6.45, 7) is 0. The van der Waals surface area contributed by atoms with E-state index >= 15 is 0 Å². The molecule has 0 amide bonds. The molecule has 0 spiro atoms. The quantitative estimate of drug-likeness (QED) is 0.606. The van der Waals surface area contributed by atoms with Crippen LogP contribution in [0.15, 0.2) is 24.3 Å². The summed E-state index contributed by atoms with van der Waals surface area (Å²) in [6, 6.07) is 5.82. The summed E-state index contributed by atoms with van der Waals surface area (Å²) in [5.74, 6) is -0.300. The van der Waals surface area contributed by atoms with Crippen molar-refractivity contribution in [3.05, 3.63) is 35.6 Å². The fourth-order valence-electron chi connectivity index (χ4n) is 0.805. The third kappa shape index (κ3) is 2.50. The number of hydrogen-bond donors (Lipinski definition) is 0.